The largest absolute Gasteiger partial charge is 0.374 e. The Bertz CT molecular complexity index is 314. The summed E-state index contributed by atoms with van der Waals surface area (Å²) >= 11 is 8.91. The van der Waals surface area contributed by atoms with Crippen LogP contribution >= 0.6 is 27.5 Å². The van der Waals surface area contributed by atoms with Gasteiger partial charge in [-0.2, -0.15) is 5.26 Å². The lowest BCUT2D eigenvalue weighted by molar-refractivity contribution is 0.236. The van der Waals surface area contributed by atoms with E-state index in [1.165, 1.54) is 0 Å². The van der Waals surface area contributed by atoms with E-state index < -0.39 is 6.10 Å². The molecule has 1 atom stereocenters. The molecule has 0 bridgehead atoms. The summed E-state index contributed by atoms with van der Waals surface area (Å²) in [6.07, 6.45) is -1.11. The SMILES string of the molecule is N#CC(O)c1cc(Cl)cc(Br)c1. The van der Waals surface area contributed by atoms with Crippen LogP contribution in [0.25, 0.3) is 0 Å². The van der Waals surface area contributed by atoms with Crippen molar-refractivity contribution in [3.8, 4) is 6.07 Å². The molecule has 0 aliphatic carbocycles. The first kappa shape index (κ1) is 9.53. The van der Waals surface area contributed by atoms with Gasteiger partial charge in [-0.3, -0.25) is 0 Å². The van der Waals surface area contributed by atoms with Crippen LogP contribution in [0, 0.1) is 11.3 Å². The van der Waals surface area contributed by atoms with E-state index in [9.17, 15) is 0 Å². The van der Waals surface area contributed by atoms with Crippen molar-refractivity contribution in [2.45, 2.75) is 6.10 Å². The van der Waals surface area contributed by atoms with Crippen LogP contribution in [0.1, 0.15) is 11.7 Å². The molecule has 1 unspecified atom stereocenters. The maximum Gasteiger partial charge on any atom is 0.165 e. The van der Waals surface area contributed by atoms with Crippen LogP contribution < -0.4 is 0 Å². The third-order valence-corrected chi connectivity index (χ3v) is 2.00. The molecule has 0 heterocycles. The van der Waals surface area contributed by atoms with Gasteiger partial charge in [-0.05, 0) is 23.8 Å². The molecule has 12 heavy (non-hydrogen) atoms. The third-order valence-electron chi connectivity index (χ3n) is 1.32. The van der Waals surface area contributed by atoms with E-state index in [2.05, 4.69) is 15.9 Å². The van der Waals surface area contributed by atoms with Gasteiger partial charge in [-0.1, -0.05) is 27.5 Å². The van der Waals surface area contributed by atoms with Crippen molar-refractivity contribution in [3.63, 3.8) is 0 Å². The Morgan fingerprint density at radius 2 is 2.17 bits per heavy atom. The van der Waals surface area contributed by atoms with E-state index in [0.717, 1.165) is 4.47 Å². The fourth-order valence-electron chi connectivity index (χ4n) is 0.808. The molecule has 0 fully saturated rings. The zero-order valence-corrected chi connectivity index (χ0v) is 8.30. The van der Waals surface area contributed by atoms with Crippen molar-refractivity contribution < 1.29 is 5.11 Å². The molecule has 0 saturated heterocycles. The summed E-state index contributed by atoms with van der Waals surface area (Å²) in [5.41, 5.74) is 0.497. The third kappa shape index (κ3) is 2.21. The smallest absolute Gasteiger partial charge is 0.165 e. The van der Waals surface area contributed by atoms with Crippen LogP contribution in [0.2, 0.25) is 5.02 Å². The molecule has 1 aromatic rings. The van der Waals surface area contributed by atoms with Crippen LogP contribution in [0.3, 0.4) is 0 Å². The highest BCUT2D eigenvalue weighted by atomic mass is 79.9. The average molecular weight is 246 g/mol. The number of hydrogen-bond donors (Lipinski definition) is 1. The Hall–Kier alpha value is -0.560. The summed E-state index contributed by atoms with van der Waals surface area (Å²) in [6.45, 7) is 0. The van der Waals surface area contributed by atoms with E-state index >= 15 is 0 Å². The monoisotopic (exact) mass is 245 g/mol. The van der Waals surface area contributed by atoms with Gasteiger partial charge in [0.25, 0.3) is 0 Å². The predicted molar refractivity (Wildman–Crippen MR) is 49.7 cm³/mol. The number of nitriles is 1. The average Bonchev–Trinajstić information content (AvgIpc) is 2.01. The molecular formula is C8H5BrClNO. The maximum atomic E-state index is 9.14. The fourth-order valence-corrected chi connectivity index (χ4v) is 1.69. The minimum absolute atomic E-state index is 0.494. The van der Waals surface area contributed by atoms with E-state index in [4.69, 9.17) is 22.0 Å². The molecule has 0 radical (unpaired) electrons. The first-order valence-corrected chi connectivity index (χ1v) is 4.34. The van der Waals surface area contributed by atoms with Crippen LogP contribution in [0.4, 0.5) is 0 Å². The Balaban J connectivity index is 3.10. The first-order chi connectivity index (χ1) is 5.63. The number of hydrogen-bond acceptors (Lipinski definition) is 2. The second kappa shape index (κ2) is 3.90. The van der Waals surface area contributed by atoms with Crippen LogP contribution in [-0.2, 0) is 0 Å². The molecule has 0 spiro atoms. The first-order valence-electron chi connectivity index (χ1n) is 3.17. The molecule has 62 valence electrons. The van der Waals surface area contributed by atoms with Crippen molar-refractivity contribution in [1.82, 2.24) is 0 Å². The summed E-state index contributed by atoms with van der Waals surface area (Å²) in [5, 5.41) is 18.0. The van der Waals surface area contributed by atoms with Gasteiger partial charge >= 0.3 is 0 Å². The number of halogens is 2. The molecule has 0 aliphatic rings. The molecular weight excluding hydrogens is 241 g/mol. The van der Waals surface area contributed by atoms with Crippen molar-refractivity contribution in [2.24, 2.45) is 0 Å². The van der Waals surface area contributed by atoms with Gasteiger partial charge < -0.3 is 5.11 Å². The van der Waals surface area contributed by atoms with E-state index in [-0.39, 0.29) is 0 Å². The van der Waals surface area contributed by atoms with E-state index in [1.807, 2.05) is 0 Å². The van der Waals surface area contributed by atoms with Crippen molar-refractivity contribution in [1.29, 1.82) is 5.26 Å². The molecule has 0 aromatic heterocycles. The highest BCUT2D eigenvalue weighted by Crippen LogP contribution is 2.23. The summed E-state index contributed by atoms with van der Waals surface area (Å²) in [7, 11) is 0. The van der Waals surface area contributed by atoms with Crippen LogP contribution in [-0.4, -0.2) is 5.11 Å². The van der Waals surface area contributed by atoms with Crippen LogP contribution in [0.15, 0.2) is 22.7 Å². The Kier molecular flexibility index (Phi) is 3.10. The standard InChI is InChI=1S/C8H5BrClNO/c9-6-1-5(8(12)4-11)2-7(10)3-6/h1-3,8,12H. The zero-order valence-electron chi connectivity index (χ0n) is 5.96. The summed E-state index contributed by atoms with van der Waals surface area (Å²) in [5.74, 6) is 0. The highest BCUT2D eigenvalue weighted by molar-refractivity contribution is 9.10. The molecule has 0 amide bonds. The minimum atomic E-state index is -1.11. The number of nitrogens with zero attached hydrogens (tertiary/aromatic N) is 1. The van der Waals surface area contributed by atoms with Gasteiger partial charge in [0.2, 0.25) is 0 Å². The van der Waals surface area contributed by atoms with Gasteiger partial charge in [0.1, 0.15) is 0 Å². The topological polar surface area (TPSA) is 44.0 Å². The molecule has 4 heteroatoms. The predicted octanol–water partition coefficient (Wildman–Crippen LogP) is 2.66. The molecule has 1 aromatic carbocycles. The summed E-state index contributed by atoms with van der Waals surface area (Å²) < 4.78 is 0.749. The van der Waals surface area contributed by atoms with Gasteiger partial charge in [0.05, 0.1) is 6.07 Å². The number of aliphatic hydroxyl groups is 1. The highest BCUT2D eigenvalue weighted by Gasteiger charge is 2.06. The van der Waals surface area contributed by atoms with Gasteiger partial charge in [0, 0.05) is 9.50 Å². The Morgan fingerprint density at radius 1 is 1.50 bits per heavy atom. The number of aliphatic hydroxyl groups excluding tert-OH is 1. The van der Waals surface area contributed by atoms with Crippen molar-refractivity contribution >= 4 is 27.5 Å². The van der Waals surface area contributed by atoms with Crippen molar-refractivity contribution in [2.75, 3.05) is 0 Å². The van der Waals surface area contributed by atoms with Gasteiger partial charge in [-0.25, -0.2) is 0 Å². The van der Waals surface area contributed by atoms with E-state index in [1.54, 1.807) is 24.3 Å². The lowest BCUT2D eigenvalue weighted by Crippen LogP contribution is -1.92. The second-order valence-corrected chi connectivity index (χ2v) is 3.59. The lowest BCUT2D eigenvalue weighted by Gasteiger charge is -2.02. The second-order valence-electron chi connectivity index (χ2n) is 2.23. The van der Waals surface area contributed by atoms with Crippen LogP contribution in [0.5, 0.6) is 0 Å². The number of benzene rings is 1. The lowest BCUT2D eigenvalue weighted by atomic mass is 10.1. The summed E-state index contributed by atoms with van der Waals surface area (Å²) in [6, 6.07) is 6.61. The Labute approximate surface area is 83.5 Å². The molecule has 1 N–H and O–H groups in total. The zero-order chi connectivity index (χ0) is 9.14. The van der Waals surface area contributed by atoms with Gasteiger partial charge in [-0.15, -0.1) is 0 Å². The van der Waals surface area contributed by atoms with Gasteiger partial charge in [0.15, 0.2) is 6.10 Å². The molecule has 2 nitrogen and oxygen atoms in total. The fraction of sp³-hybridized carbons (Fsp3) is 0.125. The normalized spacial score (nSPS) is 12.2. The Morgan fingerprint density at radius 3 is 2.67 bits per heavy atom. The molecule has 1 rings (SSSR count). The van der Waals surface area contributed by atoms with E-state index in [0.29, 0.717) is 10.6 Å². The molecule has 0 saturated carbocycles. The minimum Gasteiger partial charge on any atom is -0.374 e. The maximum absolute atomic E-state index is 9.14. The quantitative estimate of drug-likeness (QED) is 0.774. The number of rotatable bonds is 1. The molecule has 0 aliphatic heterocycles. The van der Waals surface area contributed by atoms with Crippen molar-refractivity contribution in [3.05, 3.63) is 33.3 Å². The summed E-state index contributed by atoms with van der Waals surface area (Å²) in [4.78, 5) is 0.